The molecule has 1 saturated heterocycles. The van der Waals surface area contributed by atoms with Crippen molar-refractivity contribution in [2.45, 2.75) is 18.8 Å². The van der Waals surface area contributed by atoms with Crippen molar-refractivity contribution < 1.29 is 9.53 Å². The van der Waals surface area contributed by atoms with Gasteiger partial charge in [0.1, 0.15) is 5.75 Å². The molecule has 1 atom stereocenters. The van der Waals surface area contributed by atoms with Gasteiger partial charge in [-0.1, -0.05) is 12.1 Å². The van der Waals surface area contributed by atoms with Crippen molar-refractivity contribution in [1.29, 1.82) is 5.26 Å². The minimum atomic E-state index is -0.00910. The van der Waals surface area contributed by atoms with Crippen LogP contribution in [-0.2, 0) is 4.79 Å². The van der Waals surface area contributed by atoms with E-state index in [9.17, 15) is 4.79 Å². The van der Waals surface area contributed by atoms with Gasteiger partial charge in [-0.2, -0.15) is 5.26 Å². The van der Waals surface area contributed by atoms with E-state index >= 15 is 0 Å². The summed E-state index contributed by atoms with van der Waals surface area (Å²) in [6.45, 7) is 1.46. The fourth-order valence-corrected chi connectivity index (χ4v) is 4.43. The fourth-order valence-electron chi connectivity index (χ4n) is 3.33. The second-order valence-electron chi connectivity index (χ2n) is 6.62. The highest BCUT2D eigenvalue weighted by Gasteiger charge is 2.27. The van der Waals surface area contributed by atoms with E-state index in [1.165, 1.54) is 4.70 Å². The molecule has 1 amide bonds. The minimum Gasteiger partial charge on any atom is -0.484 e. The summed E-state index contributed by atoms with van der Waals surface area (Å²) >= 11 is 1.72. The molecule has 1 aliphatic rings. The van der Waals surface area contributed by atoms with Gasteiger partial charge in [-0.05, 0) is 49.2 Å². The van der Waals surface area contributed by atoms with Gasteiger partial charge in [0.05, 0.1) is 26.9 Å². The molecule has 1 fully saturated rings. The molecular formula is C21H19N3O2S. The first-order valence-electron chi connectivity index (χ1n) is 8.99. The third-order valence-electron chi connectivity index (χ3n) is 4.78. The van der Waals surface area contributed by atoms with Gasteiger partial charge in [0.25, 0.3) is 5.91 Å². The third-order valence-corrected chi connectivity index (χ3v) is 5.98. The Kier molecular flexibility index (Phi) is 5.03. The van der Waals surface area contributed by atoms with Crippen LogP contribution >= 0.6 is 11.3 Å². The molecule has 5 nitrogen and oxygen atoms in total. The highest BCUT2D eigenvalue weighted by Crippen LogP contribution is 2.33. The molecule has 27 heavy (non-hydrogen) atoms. The smallest absolute Gasteiger partial charge is 0.260 e. The van der Waals surface area contributed by atoms with Crippen molar-refractivity contribution in [3.05, 3.63) is 59.1 Å². The van der Waals surface area contributed by atoms with Gasteiger partial charge in [0, 0.05) is 19.0 Å². The second kappa shape index (κ2) is 7.77. The molecule has 2 aromatic carbocycles. The van der Waals surface area contributed by atoms with Crippen LogP contribution in [0.25, 0.3) is 10.2 Å². The Hall–Kier alpha value is -2.91. The summed E-state index contributed by atoms with van der Waals surface area (Å²) in [5.74, 6) is 0.877. The van der Waals surface area contributed by atoms with Gasteiger partial charge >= 0.3 is 0 Å². The van der Waals surface area contributed by atoms with Crippen LogP contribution in [0.1, 0.15) is 29.3 Å². The van der Waals surface area contributed by atoms with Crippen LogP contribution in [0.5, 0.6) is 5.75 Å². The molecule has 2 heterocycles. The van der Waals surface area contributed by atoms with E-state index in [0.717, 1.165) is 29.9 Å². The molecule has 3 aromatic rings. The molecule has 1 aromatic heterocycles. The minimum absolute atomic E-state index is 0.00910. The van der Waals surface area contributed by atoms with E-state index in [1.807, 2.05) is 23.1 Å². The normalized spacial score (nSPS) is 16.9. The van der Waals surface area contributed by atoms with E-state index in [0.29, 0.717) is 17.9 Å². The Balaban J connectivity index is 1.38. The molecule has 1 aliphatic heterocycles. The van der Waals surface area contributed by atoms with Gasteiger partial charge in [-0.15, -0.1) is 11.3 Å². The number of ether oxygens (including phenoxy) is 1. The number of aromatic nitrogens is 1. The number of hydrogen-bond acceptors (Lipinski definition) is 5. The van der Waals surface area contributed by atoms with E-state index < -0.39 is 0 Å². The molecule has 6 heteroatoms. The summed E-state index contributed by atoms with van der Waals surface area (Å²) in [7, 11) is 0. The SMILES string of the molecule is N#Cc1ccc(OCC(=O)N2CCC[C@@H](c3nc4ccccc4s3)C2)cc1. The number of piperidine rings is 1. The monoisotopic (exact) mass is 377 g/mol. The predicted molar refractivity (Wildman–Crippen MR) is 105 cm³/mol. The van der Waals surface area contributed by atoms with Crippen LogP contribution in [0.15, 0.2) is 48.5 Å². The van der Waals surface area contributed by atoms with Gasteiger partial charge in [0.2, 0.25) is 0 Å². The molecule has 4 rings (SSSR count). The van der Waals surface area contributed by atoms with E-state index in [-0.39, 0.29) is 18.4 Å². The molecule has 0 saturated carbocycles. The van der Waals surface area contributed by atoms with Crippen molar-refractivity contribution >= 4 is 27.5 Å². The Morgan fingerprint density at radius 1 is 1.26 bits per heavy atom. The van der Waals surface area contributed by atoms with Crippen LogP contribution in [0, 0.1) is 11.3 Å². The quantitative estimate of drug-likeness (QED) is 0.690. The van der Waals surface area contributed by atoms with Crippen molar-refractivity contribution in [2.75, 3.05) is 19.7 Å². The summed E-state index contributed by atoms with van der Waals surface area (Å²) in [6.07, 6.45) is 2.03. The van der Waals surface area contributed by atoms with Gasteiger partial charge in [-0.3, -0.25) is 4.79 Å². The topological polar surface area (TPSA) is 66.2 Å². The Morgan fingerprint density at radius 3 is 2.85 bits per heavy atom. The lowest BCUT2D eigenvalue weighted by molar-refractivity contribution is -0.134. The lowest BCUT2D eigenvalue weighted by Gasteiger charge is -2.31. The summed E-state index contributed by atoms with van der Waals surface area (Å²) in [5.41, 5.74) is 1.61. The summed E-state index contributed by atoms with van der Waals surface area (Å²) in [5, 5.41) is 9.94. The van der Waals surface area contributed by atoms with Crippen LogP contribution in [0.3, 0.4) is 0 Å². The second-order valence-corrected chi connectivity index (χ2v) is 7.69. The van der Waals surface area contributed by atoms with E-state index in [4.69, 9.17) is 15.0 Å². The number of amides is 1. The number of nitrogens with zero attached hydrogens (tertiary/aromatic N) is 3. The van der Waals surface area contributed by atoms with E-state index in [1.54, 1.807) is 35.6 Å². The zero-order chi connectivity index (χ0) is 18.6. The third kappa shape index (κ3) is 3.93. The van der Waals surface area contributed by atoms with Crippen LogP contribution in [-0.4, -0.2) is 35.5 Å². The molecule has 0 radical (unpaired) electrons. The zero-order valence-electron chi connectivity index (χ0n) is 14.8. The highest BCUT2D eigenvalue weighted by atomic mass is 32.1. The number of carbonyl (C=O) groups excluding carboxylic acids is 1. The van der Waals surface area contributed by atoms with Crippen LogP contribution in [0.2, 0.25) is 0 Å². The fraction of sp³-hybridized carbons (Fsp3) is 0.286. The number of fused-ring (bicyclic) bond motifs is 1. The molecule has 136 valence electrons. The lowest BCUT2D eigenvalue weighted by atomic mass is 9.99. The number of hydrogen-bond donors (Lipinski definition) is 0. The first-order chi connectivity index (χ1) is 13.2. The average molecular weight is 377 g/mol. The van der Waals surface area contributed by atoms with Gasteiger partial charge in [0.15, 0.2) is 6.61 Å². The van der Waals surface area contributed by atoms with E-state index in [2.05, 4.69) is 12.1 Å². The molecule has 0 aliphatic carbocycles. The number of rotatable bonds is 4. The Labute approximate surface area is 161 Å². The predicted octanol–water partition coefficient (Wildman–Crippen LogP) is 3.95. The number of benzene rings is 2. The summed E-state index contributed by atoms with van der Waals surface area (Å²) in [6, 6.07) is 17.0. The number of nitriles is 1. The maximum Gasteiger partial charge on any atom is 0.260 e. The van der Waals surface area contributed by atoms with Crippen molar-refractivity contribution in [2.24, 2.45) is 0 Å². The Morgan fingerprint density at radius 2 is 2.07 bits per heavy atom. The van der Waals surface area contributed by atoms with Gasteiger partial charge in [-0.25, -0.2) is 4.98 Å². The molecule has 0 N–H and O–H groups in total. The van der Waals surface area contributed by atoms with Crippen molar-refractivity contribution in [1.82, 2.24) is 9.88 Å². The summed E-state index contributed by atoms with van der Waals surface area (Å²) in [4.78, 5) is 19.2. The maximum absolute atomic E-state index is 12.6. The Bertz CT molecular complexity index is 958. The number of carbonyl (C=O) groups is 1. The molecule has 0 spiro atoms. The first-order valence-corrected chi connectivity index (χ1v) is 9.81. The van der Waals surface area contributed by atoms with Crippen molar-refractivity contribution in [3.63, 3.8) is 0 Å². The van der Waals surface area contributed by atoms with Gasteiger partial charge < -0.3 is 9.64 Å². The number of likely N-dealkylation sites (tertiary alicyclic amines) is 1. The average Bonchev–Trinajstić information content (AvgIpc) is 3.17. The first kappa shape index (κ1) is 17.5. The van der Waals surface area contributed by atoms with Crippen LogP contribution < -0.4 is 4.74 Å². The molecule has 0 unspecified atom stereocenters. The standard InChI is InChI=1S/C21H19N3O2S/c22-12-15-7-9-17(10-8-15)26-14-20(25)24-11-3-4-16(13-24)21-23-18-5-1-2-6-19(18)27-21/h1-2,5-10,16H,3-4,11,13-14H2/t16-/m1/s1. The van der Waals surface area contributed by atoms with Crippen LogP contribution in [0.4, 0.5) is 0 Å². The zero-order valence-corrected chi connectivity index (χ0v) is 15.6. The summed E-state index contributed by atoms with van der Waals surface area (Å²) < 4.78 is 6.79. The lowest BCUT2D eigenvalue weighted by Crippen LogP contribution is -2.41. The highest BCUT2D eigenvalue weighted by molar-refractivity contribution is 7.18. The largest absolute Gasteiger partial charge is 0.484 e. The number of thiazole rings is 1. The maximum atomic E-state index is 12.6. The van der Waals surface area contributed by atoms with Crippen molar-refractivity contribution in [3.8, 4) is 11.8 Å². The number of para-hydroxylation sites is 1. The molecule has 0 bridgehead atoms. The molecular weight excluding hydrogens is 358 g/mol.